The second kappa shape index (κ2) is 5.51. The molecule has 0 saturated heterocycles. The van der Waals surface area contributed by atoms with Crippen LogP contribution in [-0.4, -0.2) is 6.04 Å². The Morgan fingerprint density at radius 3 is 2.94 bits per heavy atom. The molecule has 1 atom stereocenters. The van der Waals surface area contributed by atoms with E-state index in [9.17, 15) is 0 Å². The molecule has 1 N–H and O–H groups in total. The number of halogens is 1. The van der Waals surface area contributed by atoms with Crippen molar-refractivity contribution in [3.05, 3.63) is 46.5 Å². The summed E-state index contributed by atoms with van der Waals surface area (Å²) in [6.45, 7) is 3.06. The molecule has 1 aromatic rings. The summed E-state index contributed by atoms with van der Waals surface area (Å²) in [6.07, 6.45) is 8.16. The number of allylic oxidation sites excluding steroid dienone is 1. The van der Waals surface area contributed by atoms with Gasteiger partial charge in [0.25, 0.3) is 0 Å². The third kappa shape index (κ3) is 3.10. The molecular formula is C14H18ClN. The second-order valence-corrected chi connectivity index (χ2v) is 4.87. The molecule has 16 heavy (non-hydrogen) atoms. The maximum absolute atomic E-state index is 5.94. The Kier molecular flexibility index (Phi) is 4.03. The van der Waals surface area contributed by atoms with Gasteiger partial charge in [-0.05, 0) is 49.4 Å². The van der Waals surface area contributed by atoms with Gasteiger partial charge in [0.15, 0.2) is 0 Å². The quantitative estimate of drug-likeness (QED) is 0.785. The Bertz CT molecular complexity index is 384. The van der Waals surface area contributed by atoms with Crippen molar-refractivity contribution >= 4 is 11.6 Å². The Morgan fingerprint density at radius 2 is 2.25 bits per heavy atom. The Balaban J connectivity index is 1.91. The van der Waals surface area contributed by atoms with Gasteiger partial charge in [-0.25, -0.2) is 0 Å². The van der Waals surface area contributed by atoms with Crippen LogP contribution in [0.2, 0.25) is 5.02 Å². The Labute approximate surface area is 103 Å². The number of hydrogen-bond acceptors (Lipinski definition) is 1. The molecule has 1 aromatic carbocycles. The first kappa shape index (κ1) is 11.7. The van der Waals surface area contributed by atoms with Crippen molar-refractivity contribution in [1.82, 2.24) is 5.32 Å². The van der Waals surface area contributed by atoms with E-state index in [0.29, 0.717) is 6.04 Å². The molecule has 1 aliphatic rings. The summed E-state index contributed by atoms with van der Waals surface area (Å²) >= 11 is 5.94. The first-order valence-electron chi connectivity index (χ1n) is 5.89. The molecule has 0 amide bonds. The SMILES string of the molecule is Cc1cc(Cl)ccc1CNC1CC=CCC1. The van der Waals surface area contributed by atoms with Gasteiger partial charge in [0.1, 0.15) is 0 Å². The van der Waals surface area contributed by atoms with Crippen molar-refractivity contribution in [2.24, 2.45) is 0 Å². The summed E-state index contributed by atoms with van der Waals surface area (Å²) in [6, 6.07) is 6.75. The summed E-state index contributed by atoms with van der Waals surface area (Å²) in [5.74, 6) is 0. The molecule has 1 nitrogen and oxygen atoms in total. The van der Waals surface area contributed by atoms with Crippen molar-refractivity contribution in [1.29, 1.82) is 0 Å². The monoisotopic (exact) mass is 235 g/mol. The van der Waals surface area contributed by atoms with E-state index in [2.05, 4.69) is 30.5 Å². The number of rotatable bonds is 3. The van der Waals surface area contributed by atoms with Crippen molar-refractivity contribution in [2.75, 3.05) is 0 Å². The van der Waals surface area contributed by atoms with Gasteiger partial charge in [-0.2, -0.15) is 0 Å². The molecule has 0 aliphatic heterocycles. The van der Waals surface area contributed by atoms with Crippen molar-refractivity contribution in [2.45, 2.75) is 38.8 Å². The molecule has 0 fully saturated rings. The fourth-order valence-electron chi connectivity index (χ4n) is 2.09. The number of nitrogens with one attached hydrogen (secondary N) is 1. The highest BCUT2D eigenvalue weighted by Crippen LogP contribution is 2.16. The van der Waals surface area contributed by atoms with Crippen LogP contribution in [0.5, 0.6) is 0 Å². The highest BCUT2D eigenvalue weighted by atomic mass is 35.5. The van der Waals surface area contributed by atoms with Crippen LogP contribution in [0.15, 0.2) is 30.4 Å². The highest BCUT2D eigenvalue weighted by molar-refractivity contribution is 6.30. The number of aryl methyl sites for hydroxylation is 1. The lowest BCUT2D eigenvalue weighted by Crippen LogP contribution is -2.29. The summed E-state index contributed by atoms with van der Waals surface area (Å²) in [5, 5.41) is 4.42. The Hall–Kier alpha value is -0.790. The largest absolute Gasteiger partial charge is 0.310 e. The molecular weight excluding hydrogens is 218 g/mol. The van der Waals surface area contributed by atoms with Gasteiger partial charge in [0.2, 0.25) is 0 Å². The van der Waals surface area contributed by atoms with E-state index in [1.807, 2.05) is 12.1 Å². The predicted molar refractivity (Wildman–Crippen MR) is 69.8 cm³/mol. The smallest absolute Gasteiger partial charge is 0.0408 e. The molecule has 0 spiro atoms. The van der Waals surface area contributed by atoms with Crippen LogP contribution in [0, 0.1) is 6.92 Å². The van der Waals surface area contributed by atoms with Crippen LogP contribution >= 0.6 is 11.6 Å². The molecule has 0 bridgehead atoms. The van der Waals surface area contributed by atoms with Gasteiger partial charge in [-0.3, -0.25) is 0 Å². The third-order valence-corrected chi connectivity index (χ3v) is 3.39. The molecule has 2 heteroatoms. The zero-order valence-electron chi connectivity index (χ0n) is 9.67. The fraction of sp³-hybridized carbons (Fsp3) is 0.429. The van der Waals surface area contributed by atoms with E-state index in [1.54, 1.807) is 0 Å². The zero-order chi connectivity index (χ0) is 11.4. The molecule has 86 valence electrons. The zero-order valence-corrected chi connectivity index (χ0v) is 10.4. The van der Waals surface area contributed by atoms with E-state index >= 15 is 0 Å². The maximum Gasteiger partial charge on any atom is 0.0408 e. The van der Waals surface area contributed by atoms with Crippen molar-refractivity contribution in [3.8, 4) is 0 Å². The predicted octanol–water partition coefficient (Wildman–Crippen LogP) is 3.85. The summed E-state index contributed by atoms with van der Waals surface area (Å²) in [4.78, 5) is 0. The lowest BCUT2D eigenvalue weighted by Gasteiger charge is -2.20. The van der Waals surface area contributed by atoms with Crippen LogP contribution in [0.4, 0.5) is 0 Å². The van der Waals surface area contributed by atoms with Crippen molar-refractivity contribution in [3.63, 3.8) is 0 Å². The standard InChI is InChI=1S/C14H18ClN/c1-11-9-13(15)8-7-12(11)10-16-14-5-3-2-4-6-14/h2-3,7-9,14,16H,4-6,10H2,1H3. The lowest BCUT2D eigenvalue weighted by molar-refractivity contribution is 0.474. The molecule has 0 radical (unpaired) electrons. The topological polar surface area (TPSA) is 12.0 Å². The molecule has 1 aliphatic carbocycles. The van der Waals surface area contributed by atoms with Crippen molar-refractivity contribution < 1.29 is 0 Å². The van der Waals surface area contributed by atoms with E-state index < -0.39 is 0 Å². The lowest BCUT2D eigenvalue weighted by atomic mass is 10.0. The average Bonchev–Trinajstić information content (AvgIpc) is 2.29. The van der Waals surface area contributed by atoms with Gasteiger partial charge in [0, 0.05) is 17.6 Å². The van der Waals surface area contributed by atoms with Gasteiger partial charge in [-0.15, -0.1) is 0 Å². The minimum absolute atomic E-state index is 0.639. The highest BCUT2D eigenvalue weighted by Gasteiger charge is 2.09. The first-order chi connectivity index (χ1) is 7.75. The minimum Gasteiger partial charge on any atom is -0.310 e. The van der Waals surface area contributed by atoms with E-state index in [-0.39, 0.29) is 0 Å². The summed E-state index contributed by atoms with van der Waals surface area (Å²) in [5.41, 5.74) is 2.62. The average molecular weight is 236 g/mol. The van der Waals surface area contributed by atoms with Gasteiger partial charge in [-0.1, -0.05) is 29.8 Å². The first-order valence-corrected chi connectivity index (χ1v) is 6.27. The van der Waals surface area contributed by atoms with Gasteiger partial charge < -0.3 is 5.32 Å². The number of benzene rings is 1. The van der Waals surface area contributed by atoms with Crippen LogP contribution in [0.25, 0.3) is 0 Å². The molecule has 0 heterocycles. The normalized spacial score (nSPS) is 20.0. The maximum atomic E-state index is 5.94. The summed E-state index contributed by atoms with van der Waals surface area (Å²) in [7, 11) is 0. The molecule has 0 aromatic heterocycles. The van der Waals surface area contributed by atoms with Crippen LogP contribution in [-0.2, 0) is 6.54 Å². The third-order valence-electron chi connectivity index (χ3n) is 3.15. The van der Waals surface area contributed by atoms with Crippen LogP contribution in [0.3, 0.4) is 0 Å². The van der Waals surface area contributed by atoms with Crippen LogP contribution in [0.1, 0.15) is 30.4 Å². The second-order valence-electron chi connectivity index (χ2n) is 4.43. The minimum atomic E-state index is 0.639. The molecule has 2 rings (SSSR count). The van der Waals surface area contributed by atoms with Crippen LogP contribution < -0.4 is 5.32 Å². The van der Waals surface area contributed by atoms with Gasteiger partial charge >= 0.3 is 0 Å². The molecule has 1 unspecified atom stereocenters. The Morgan fingerprint density at radius 1 is 1.38 bits per heavy atom. The van der Waals surface area contributed by atoms with E-state index in [4.69, 9.17) is 11.6 Å². The number of hydrogen-bond donors (Lipinski definition) is 1. The van der Waals surface area contributed by atoms with E-state index in [0.717, 1.165) is 18.0 Å². The van der Waals surface area contributed by atoms with E-state index in [1.165, 1.54) is 24.0 Å². The summed E-state index contributed by atoms with van der Waals surface area (Å²) < 4.78 is 0. The van der Waals surface area contributed by atoms with Gasteiger partial charge in [0.05, 0.1) is 0 Å². The fourth-order valence-corrected chi connectivity index (χ4v) is 2.32. The molecule has 0 saturated carbocycles.